The summed E-state index contributed by atoms with van der Waals surface area (Å²) in [6.45, 7) is 4.19. The lowest BCUT2D eigenvalue weighted by Crippen LogP contribution is -2.08. The van der Waals surface area contributed by atoms with E-state index in [0.717, 1.165) is 28.9 Å². The Labute approximate surface area is 130 Å². The van der Waals surface area contributed by atoms with Crippen molar-refractivity contribution in [2.75, 3.05) is 7.11 Å². The van der Waals surface area contributed by atoms with Crippen molar-refractivity contribution in [1.82, 2.24) is 0 Å². The summed E-state index contributed by atoms with van der Waals surface area (Å²) in [6.07, 6.45) is 1.76. The second-order valence-electron chi connectivity index (χ2n) is 5.09. The van der Waals surface area contributed by atoms with Gasteiger partial charge in [-0.1, -0.05) is 18.2 Å². The SMILES string of the molecule is COc1ccc(CC(C=O)Sc2ccc(C)c(C)c2)cc1. The molecule has 0 fully saturated rings. The van der Waals surface area contributed by atoms with Gasteiger partial charge in [0.1, 0.15) is 12.0 Å². The Balaban J connectivity index is 2.05. The standard InChI is InChI=1S/C18H20O2S/c1-13-4-9-17(10-14(13)2)21-18(12-19)11-15-5-7-16(20-3)8-6-15/h4-10,12,18H,11H2,1-3H3. The predicted molar refractivity (Wildman–Crippen MR) is 88.3 cm³/mol. The highest BCUT2D eigenvalue weighted by molar-refractivity contribution is 8.00. The quantitative estimate of drug-likeness (QED) is 0.590. The molecular weight excluding hydrogens is 280 g/mol. The first-order chi connectivity index (χ1) is 10.1. The van der Waals surface area contributed by atoms with Crippen LogP contribution in [-0.4, -0.2) is 18.6 Å². The highest BCUT2D eigenvalue weighted by atomic mass is 32.2. The zero-order chi connectivity index (χ0) is 15.2. The minimum absolute atomic E-state index is 0.0690. The summed E-state index contributed by atoms with van der Waals surface area (Å²) in [5.74, 6) is 0.836. The molecule has 0 heterocycles. The first kappa shape index (κ1) is 15.6. The molecule has 0 amide bonds. The van der Waals surface area contributed by atoms with E-state index in [1.54, 1.807) is 18.9 Å². The maximum absolute atomic E-state index is 11.3. The minimum Gasteiger partial charge on any atom is -0.497 e. The molecule has 0 spiro atoms. The van der Waals surface area contributed by atoms with E-state index >= 15 is 0 Å². The lowest BCUT2D eigenvalue weighted by Gasteiger charge is -2.12. The number of ether oxygens (including phenoxy) is 1. The van der Waals surface area contributed by atoms with Gasteiger partial charge in [0.2, 0.25) is 0 Å². The van der Waals surface area contributed by atoms with Crippen LogP contribution in [0.1, 0.15) is 16.7 Å². The van der Waals surface area contributed by atoms with Gasteiger partial charge in [-0.2, -0.15) is 0 Å². The summed E-state index contributed by atoms with van der Waals surface area (Å²) in [5, 5.41) is -0.0690. The highest BCUT2D eigenvalue weighted by Crippen LogP contribution is 2.27. The van der Waals surface area contributed by atoms with Crippen molar-refractivity contribution >= 4 is 18.0 Å². The lowest BCUT2D eigenvalue weighted by atomic mass is 10.1. The Morgan fingerprint density at radius 1 is 1.10 bits per heavy atom. The van der Waals surface area contributed by atoms with Crippen molar-refractivity contribution < 1.29 is 9.53 Å². The number of carbonyl (C=O) groups is 1. The molecule has 1 atom stereocenters. The number of hydrogen-bond acceptors (Lipinski definition) is 3. The third-order valence-corrected chi connectivity index (χ3v) is 4.62. The summed E-state index contributed by atoms with van der Waals surface area (Å²) in [6, 6.07) is 14.2. The van der Waals surface area contributed by atoms with Crippen LogP contribution in [0, 0.1) is 13.8 Å². The number of methoxy groups -OCH3 is 1. The van der Waals surface area contributed by atoms with Crippen molar-refractivity contribution in [1.29, 1.82) is 0 Å². The van der Waals surface area contributed by atoms with Gasteiger partial charge in [-0.15, -0.1) is 11.8 Å². The van der Waals surface area contributed by atoms with Gasteiger partial charge >= 0.3 is 0 Å². The Hall–Kier alpha value is -1.74. The van der Waals surface area contributed by atoms with Crippen LogP contribution in [0.4, 0.5) is 0 Å². The molecule has 0 radical (unpaired) electrons. The van der Waals surface area contributed by atoms with Crippen molar-refractivity contribution in [3.05, 3.63) is 59.2 Å². The molecule has 0 aliphatic heterocycles. The molecule has 0 N–H and O–H groups in total. The van der Waals surface area contributed by atoms with E-state index in [0.29, 0.717) is 0 Å². The first-order valence-electron chi connectivity index (χ1n) is 6.94. The first-order valence-corrected chi connectivity index (χ1v) is 7.82. The van der Waals surface area contributed by atoms with E-state index in [1.165, 1.54) is 11.1 Å². The van der Waals surface area contributed by atoms with Crippen LogP contribution in [0.2, 0.25) is 0 Å². The zero-order valence-corrected chi connectivity index (χ0v) is 13.4. The van der Waals surface area contributed by atoms with Crippen LogP contribution in [0.3, 0.4) is 0 Å². The zero-order valence-electron chi connectivity index (χ0n) is 12.6. The number of rotatable bonds is 6. The van der Waals surface area contributed by atoms with Crippen LogP contribution in [-0.2, 0) is 11.2 Å². The molecule has 0 aliphatic carbocycles. The summed E-state index contributed by atoms with van der Waals surface area (Å²) < 4.78 is 5.15. The number of carbonyl (C=O) groups excluding carboxylic acids is 1. The molecule has 0 aromatic heterocycles. The van der Waals surface area contributed by atoms with Gasteiger partial charge in [-0.25, -0.2) is 0 Å². The summed E-state index contributed by atoms with van der Waals surface area (Å²) in [4.78, 5) is 12.5. The van der Waals surface area contributed by atoms with E-state index < -0.39 is 0 Å². The van der Waals surface area contributed by atoms with E-state index in [4.69, 9.17) is 4.74 Å². The molecule has 0 saturated carbocycles. The van der Waals surface area contributed by atoms with Gasteiger partial charge in [0.25, 0.3) is 0 Å². The Morgan fingerprint density at radius 3 is 2.38 bits per heavy atom. The van der Waals surface area contributed by atoms with Gasteiger partial charge in [0, 0.05) is 4.90 Å². The molecule has 2 nitrogen and oxygen atoms in total. The molecule has 110 valence electrons. The van der Waals surface area contributed by atoms with Crippen LogP contribution >= 0.6 is 11.8 Å². The molecule has 2 aromatic carbocycles. The predicted octanol–water partition coefficient (Wildman–Crippen LogP) is 4.21. The van der Waals surface area contributed by atoms with Gasteiger partial charge in [-0.3, -0.25) is 0 Å². The minimum atomic E-state index is -0.0690. The summed E-state index contributed by atoms with van der Waals surface area (Å²) in [5.41, 5.74) is 3.68. The van der Waals surface area contributed by atoms with Crippen molar-refractivity contribution in [3.63, 3.8) is 0 Å². The monoisotopic (exact) mass is 300 g/mol. The van der Waals surface area contributed by atoms with Gasteiger partial charge in [0.05, 0.1) is 12.4 Å². The molecule has 1 unspecified atom stereocenters. The van der Waals surface area contributed by atoms with E-state index in [9.17, 15) is 4.79 Å². The average molecular weight is 300 g/mol. The number of thioether (sulfide) groups is 1. The van der Waals surface area contributed by atoms with E-state index in [-0.39, 0.29) is 5.25 Å². The van der Waals surface area contributed by atoms with Crippen molar-refractivity contribution in [2.24, 2.45) is 0 Å². The lowest BCUT2D eigenvalue weighted by molar-refractivity contribution is -0.107. The second kappa shape index (κ2) is 7.32. The average Bonchev–Trinajstić information content (AvgIpc) is 2.51. The van der Waals surface area contributed by atoms with Gasteiger partial charge < -0.3 is 9.53 Å². The third kappa shape index (κ3) is 4.36. The molecule has 3 heteroatoms. The molecule has 0 aliphatic rings. The number of benzene rings is 2. The topological polar surface area (TPSA) is 26.3 Å². The van der Waals surface area contributed by atoms with E-state index in [2.05, 4.69) is 32.0 Å². The molecular formula is C18H20O2S. The fourth-order valence-corrected chi connectivity index (χ4v) is 3.15. The Bertz CT molecular complexity index is 605. The fourth-order valence-electron chi connectivity index (χ4n) is 2.07. The maximum atomic E-state index is 11.3. The molecule has 0 saturated heterocycles. The third-order valence-electron chi connectivity index (χ3n) is 3.51. The Kier molecular flexibility index (Phi) is 5.45. The maximum Gasteiger partial charge on any atom is 0.133 e. The van der Waals surface area contributed by atoms with Gasteiger partial charge in [0.15, 0.2) is 0 Å². The molecule has 0 bridgehead atoms. The van der Waals surface area contributed by atoms with Gasteiger partial charge in [-0.05, 0) is 61.2 Å². The van der Waals surface area contributed by atoms with Crippen LogP contribution in [0.5, 0.6) is 5.75 Å². The number of aryl methyl sites for hydroxylation is 2. The molecule has 2 rings (SSSR count). The van der Waals surface area contributed by atoms with Crippen molar-refractivity contribution in [2.45, 2.75) is 30.4 Å². The largest absolute Gasteiger partial charge is 0.497 e. The van der Waals surface area contributed by atoms with Crippen LogP contribution in [0.15, 0.2) is 47.4 Å². The summed E-state index contributed by atoms with van der Waals surface area (Å²) in [7, 11) is 1.65. The smallest absolute Gasteiger partial charge is 0.133 e. The van der Waals surface area contributed by atoms with Crippen LogP contribution < -0.4 is 4.74 Å². The Morgan fingerprint density at radius 2 is 1.81 bits per heavy atom. The normalized spacial score (nSPS) is 12.0. The van der Waals surface area contributed by atoms with E-state index in [1.807, 2.05) is 24.3 Å². The molecule has 2 aromatic rings. The van der Waals surface area contributed by atoms with Crippen LogP contribution in [0.25, 0.3) is 0 Å². The van der Waals surface area contributed by atoms with Crippen molar-refractivity contribution in [3.8, 4) is 5.75 Å². The number of aldehydes is 1. The summed E-state index contributed by atoms with van der Waals surface area (Å²) >= 11 is 1.62. The molecule has 21 heavy (non-hydrogen) atoms. The fraction of sp³-hybridized carbons (Fsp3) is 0.278. The second-order valence-corrected chi connectivity index (χ2v) is 6.40. The number of hydrogen-bond donors (Lipinski definition) is 0. The highest BCUT2D eigenvalue weighted by Gasteiger charge is 2.11.